The topological polar surface area (TPSA) is 86.8 Å². The van der Waals surface area contributed by atoms with Gasteiger partial charge in [0.15, 0.2) is 0 Å². The number of carbonyl (C=O) groups excluding carboxylic acids is 2. The third-order valence-electron chi connectivity index (χ3n) is 6.44. The summed E-state index contributed by atoms with van der Waals surface area (Å²) in [7, 11) is 3.85. The van der Waals surface area contributed by atoms with E-state index in [0.717, 1.165) is 25.7 Å². The molecule has 1 aromatic carbocycles. The van der Waals surface area contributed by atoms with Crippen LogP contribution in [0.2, 0.25) is 5.02 Å². The van der Waals surface area contributed by atoms with Crippen LogP contribution < -0.4 is 15.4 Å². The van der Waals surface area contributed by atoms with E-state index in [2.05, 4.69) is 15.6 Å². The van der Waals surface area contributed by atoms with Gasteiger partial charge in [0.25, 0.3) is 5.91 Å². The fraction of sp³-hybridized carbons (Fsp3) is 0.480. The Morgan fingerprint density at radius 3 is 2.54 bits per heavy atom. The van der Waals surface area contributed by atoms with Crippen LogP contribution >= 0.6 is 11.6 Å². The molecule has 35 heavy (non-hydrogen) atoms. The van der Waals surface area contributed by atoms with Gasteiger partial charge in [0.1, 0.15) is 23.5 Å². The van der Waals surface area contributed by atoms with E-state index in [1.54, 1.807) is 18.2 Å². The highest BCUT2D eigenvalue weighted by Crippen LogP contribution is 2.37. The minimum Gasteiger partial charge on any atom is -0.490 e. The molecule has 8 nitrogen and oxygen atoms in total. The maximum atomic E-state index is 13.2. The molecule has 2 bridgehead atoms. The second-order valence-corrected chi connectivity index (χ2v) is 9.75. The number of benzene rings is 1. The van der Waals surface area contributed by atoms with Gasteiger partial charge < -0.3 is 25.2 Å². The van der Waals surface area contributed by atoms with Crippen molar-refractivity contribution < 1.29 is 18.7 Å². The number of nitrogens with one attached hydrogen (secondary N) is 2. The molecule has 188 valence electrons. The standard InChI is InChI=1S/C25H31ClFN5O3/c1-31(2)10-9-28-25(34)22-11-16(26)14-29-24(22)30-15-23(33)32-18-5-6-19(32)13-21(12-18)35-20-7-3-17(27)4-8-20/h3-4,7-8,11,14,18-19,21H,5-6,9-10,12-13,15H2,1-2H3,(H,28,34)(H,29,30)/t18-,19+,21?. The number of nitrogens with zero attached hydrogens (tertiary/aromatic N) is 3. The van der Waals surface area contributed by atoms with Crippen molar-refractivity contribution in [3.8, 4) is 5.75 Å². The van der Waals surface area contributed by atoms with Crippen LogP contribution in [0.4, 0.5) is 10.2 Å². The zero-order chi connectivity index (χ0) is 24.9. The fourth-order valence-corrected chi connectivity index (χ4v) is 4.99. The fourth-order valence-electron chi connectivity index (χ4n) is 4.83. The van der Waals surface area contributed by atoms with Gasteiger partial charge in [0, 0.05) is 44.2 Å². The van der Waals surface area contributed by atoms with E-state index < -0.39 is 0 Å². The quantitative estimate of drug-likeness (QED) is 0.546. The van der Waals surface area contributed by atoms with Gasteiger partial charge in [0.2, 0.25) is 5.91 Å². The maximum absolute atomic E-state index is 13.2. The highest BCUT2D eigenvalue weighted by atomic mass is 35.5. The summed E-state index contributed by atoms with van der Waals surface area (Å²) >= 11 is 6.07. The van der Waals surface area contributed by atoms with Crippen molar-refractivity contribution >= 4 is 29.2 Å². The molecule has 2 amide bonds. The molecule has 2 fully saturated rings. The molecule has 1 unspecified atom stereocenters. The molecule has 3 atom stereocenters. The monoisotopic (exact) mass is 503 g/mol. The highest BCUT2D eigenvalue weighted by molar-refractivity contribution is 6.31. The highest BCUT2D eigenvalue weighted by Gasteiger charge is 2.43. The summed E-state index contributed by atoms with van der Waals surface area (Å²) in [6, 6.07) is 7.78. The number of rotatable bonds is 9. The average Bonchev–Trinajstić information content (AvgIpc) is 3.09. The maximum Gasteiger partial charge on any atom is 0.255 e. The van der Waals surface area contributed by atoms with Gasteiger partial charge in [-0.1, -0.05) is 11.6 Å². The van der Waals surface area contributed by atoms with Crippen molar-refractivity contribution in [2.24, 2.45) is 0 Å². The second-order valence-electron chi connectivity index (χ2n) is 9.31. The van der Waals surface area contributed by atoms with Crippen LogP contribution in [0.15, 0.2) is 36.5 Å². The van der Waals surface area contributed by atoms with Gasteiger partial charge in [0.05, 0.1) is 17.1 Å². The Morgan fingerprint density at radius 2 is 1.89 bits per heavy atom. The number of halogens is 2. The summed E-state index contributed by atoms with van der Waals surface area (Å²) in [5.41, 5.74) is 0.304. The van der Waals surface area contributed by atoms with Crippen LogP contribution in [-0.2, 0) is 4.79 Å². The lowest BCUT2D eigenvalue weighted by Crippen LogP contribution is -2.51. The van der Waals surface area contributed by atoms with Gasteiger partial charge in [-0.2, -0.15) is 0 Å². The van der Waals surface area contributed by atoms with Crippen molar-refractivity contribution in [1.82, 2.24) is 20.1 Å². The summed E-state index contributed by atoms with van der Waals surface area (Å²) in [6.07, 6.45) is 4.77. The molecule has 2 N–H and O–H groups in total. The first-order valence-electron chi connectivity index (χ1n) is 11.9. The molecule has 2 aliphatic heterocycles. The van der Waals surface area contributed by atoms with Crippen LogP contribution in [0, 0.1) is 5.82 Å². The van der Waals surface area contributed by atoms with E-state index in [4.69, 9.17) is 16.3 Å². The number of pyridine rings is 1. The Balaban J connectivity index is 1.34. The number of anilines is 1. The van der Waals surface area contributed by atoms with Crippen molar-refractivity contribution in [3.05, 3.63) is 52.9 Å². The molecule has 4 rings (SSSR count). The van der Waals surface area contributed by atoms with Crippen molar-refractivity contribution in [1.29, 1.82) is 0 Å². The van der Waals surface area contributed by atoms with E-state index >= 15 is 0 Å². The molecule has 2 aromatic rings. The second kappa shape index (κ2) is 11.2. The van der Waals surface area contributed by atoms with Gasteiger partial charge in [-0.15, -0.1) is 0 Å². The van der Waals surface area contributed by atoms with Crippen molar-refractivity contribution in [2.45, 2.75) is 43.9 Å². The molecule has 0 spiro atoms. The molecule has 0 saturated carbocycles. The molecule has 3 heterocycles. The number of piperidine rings is 1. The van der Waals surface area contributed by atoms with Crippen LogP contribution in [0.1, 0.15) is 36.0 Å². The molecular weight excluding hydrogens is 473 g/mol. The number of hydrogen-bond acceptors (Lipinski definition) is 6. The van der Waals surface area contributed by atoms with Crippen LogP contribution in [0.5, 0.6) is 5.75 Å². The Morgan fingerprint density at radius 1 is 1.20 bits per heavy atom. The number of aromatic nitrogens is 1. The van der Waals surface area contributed by atoms with Gasteiger partial charge in [-0.05, 0) is 57.3 Å². The number of fused-ring (bicyclic) bond motifs is 2. The molecule has 2 aliphatic rings. The Bertz CT molecular complexity index is 1040. The number of carbonyl (C=O) groups is 2. The lowest BCUT2D eigenvalue weighted by Gasteiger charge is -2.39. The minimum absolute atomic E-state index is 0.00892. The summed E-state index contributed by atoms with van der Waals surface area (Å²) in [4.78, 5) is 34.0. The zero-order valence-corrected chi connectivity index (χ0v) is 20.7. The Hall–Kier alpha value is -2.91. The number of amides is 2. The summed E-state index contributed by atoms with van der Waals surface area (Å²) in [5.74, 6) is 0.341. The summed E-state index contributed by atoms with van der Waals surface area (Å²) in [5, 5.41) is 6.24. The van der Waals surface area contributed by atoms with Gasteiger partial charge in [-0.3, -0.25) is 9.59 Å². The van der Waals surface area contributed by atoms with E-state index in [9.17, 15) is 14.0 Å². The number of ether oxygens (including phenoxy) is 1. The van der Waals surface area contributed by atoms with E-state index in [1.807, 2.05) is 23.9 Å². The van der Waals surface area contributed by atoms with E-state index in [0.29, 0.717) is 35.2 Å². The smallest absolute Gasteiger partial charge is 0.255 e. The van der Waals surface area contributed by atoms with E-state index in [1.165, 1.54) is 18.3 Å². The van der Waals surface area contributed by atoms with E-state index in [-0.39, 0.29) is 42.4 Å². The number of likely N-dealkylation sites (N-methyl/N-ethyl adjacent to an activating group) is 1. The molecule has 2 saturated heterocycles. The first-order chi connectivity index (χ1) is 16.8. The molecule has 0 aliphatic carbocycles. The van der Waals surface area contributed by atoms with Crippen LogP contribution in [0.3, 0.4) is 0 Å². The first kappa shape index (κ1) is 25.2. The molecule has 0 radical (unpaired) electrons. The zero-order valence-electron chi connectivity index (χ0n) is 20.0. The summed E-state index contributed by atoms with van der Waals surface area (Å²) in [6.45, 7) is 1.21. The average molecular weight is 504 g/mol. The molecule has 1 aromatic heterocycles. The predicted molar refractivity (Wildman–Crippen MR) is 132 cm³/mol. The summed E-state index contributed by atoms with van der Waals surface area (Å²) < 4.78 is 19.2. The lowest BCUT2D eigenvalue weighted by molar-refractivity contribution is -0.135. The number of hydrogen-bond donors (Lipinski definition) is 2. The Kier molecular flexibility index (Phi) is 8.07. The largest absolute Gasteiger partial charge is 0.490 e. The minimum atomic E-state index is -0.297. The van der Waals surface area contributed by atoms with Crippen molar-refractivity contribution in [2.75, 3.05) is 39.0 Å². The normalized spacial score (nSPS) is 21.2. The van der Waals surface area contributed by atoms with Crippen molar-refractivity contribution in [3.63, 3.8) is 0 Å². The SMILES string of the molecule is CN(C)CCNC(=O)c1cc(Cl)cnc1NCC(=O)N1[C@@H]2CC[C@H]1CC(Oc1ccc(F)cc1)C2. The predicted octanol–water partition coefficient (Wildman–Crippen LogP) is 3.18. The van der Waals surface area contributed by atoms with Gasteiger partial charge >= 0.3 is 0 Å². The van der Waals surface area contributed by atoms with Gasteiger partial charge in [-0.25, -0.2) is 9.37 Å². The van der Waals surface area contributed by atoms with Crippen LogP contribution in [-0.4, -0.2) is 78.5 Å². The third-order valence-corrected chi connectivity index (χ3v) is 6.65. The molecular formula is C25H31ClFN5O3. The van der Waals surface area contributed by atoms with Crippen LogP contribution in [0.25, 0.3) is 0 Å². The third kappa shape index (κ3) is 6.41. The molecule has 10 heteroatoms. The first-order valence-corrected chi connectivity index (χ1v) is 12.2. The Labute approximate surface area is 209 Å². The lowest BCUT2D eigenvalue weighted by atomic mass is 9.99.